The van der Waals surface area contributed by atoms with E-state index in [9.17, 15) is 9.59 Å². The summed E-state index contributed by atoms with van der Waals surface area (Å²) in [5, 5.41) is -0.400. The highest BCUT2D eigenvalue weighted by atomic mass is 35.5. The molecule has 1 heterocycles. The summed E-state index contributed by atoms with van der Waals surface area (Å²) in [6.07, 6.45) is 3.66. The smallest absolute Gasteiger partial charge is 0.254 e. The zero-order valence-corrected chi connectivity index (χ0v) is 11.8. The highest BCUT2D eigenvalue weighted by molar-refractivity contribution is 6.63. The van der Waals surface area contributed by atoms with Gasteiger partial charge in [-0.2, -0.15) is 0 Å². The van der Waals surface area contributed by atoms with E-state index in [1.54, 1.807) is 11.7 Å². The lowest BCUT2D eigenvalue weighted by Crippen LogP contribution is -2.28. The fourth-order valence-electron chi connectivity index (χ4n) is 2.61. The number of pyridine rings is 1. The molecule has 0 aliphatic heterocycles. The quantitative estimate of drug-likeness (QED) is 0.747. The lowest BCUT2D eigenvalue weighted by atomic mass is 10.1. The van der Waals surface area contributed by atoms with Crippen LogP contribution in [0.25, 0.3) is 0 Å². The van der Waals surface area contributed by atoms with Gasteiger partial charge in [0.2, 0.25) is 5.24 Å². The molecule has 1 aliphatic rings. The van der Waals surface area contributed by atoms with E-state index in [0.29, 0.717) is 25.1 Å². The molecule has 0 unspecified atom stereocenters. The second kappa shape index (κ2) is 6.35. The molecule has 0 N–H and O–H groups in total. The molecular weight excluding hydrogens is 266 g/mol. The number of methoxy groups -OCH3 is 1. The van der Waals surface area contributed by atoms with Gasteiger partial charge in [0.15, 0.2) is 0 Å². The van der Waals surface area contributed by atoms with Gasteiger partial charge in [0.05, 0.1) is 6.61 Å². The van der Waals surface area contributed by atoms with Crippen molar-refractivity contribution in [1.82, 2.24) is 4.57 Å². The van der Waals surface area contributed by atoms with Crippen molar-refractivity contribution in [2.45, 2.75) is 38.6 Å². The van der Waals surface area contributed by atoms with Crippen LogP contribution >= 0.6 is 11.6 Å². The van der Waals surface area contributed by atoms with Gasteiger partial charge in [-0.15, -0.1) is 0 Å². The maximum absolute atomic E-state index is 12.4. The van der Waals surface area contributed by atoms with Gasteiger partial charge >= 0.3 is 0 Å². The van der Waals surface area contributed by atoms with E-state index in [-0.39, 0.29) is 12.0 Å². The van der Waals surface area contributed by atoms with Crippen LogP contribution < -0.4 is 5.56 Å². The van der Waals surface area contributed by atoms with Crippen LogP contribution in [0.2, 0.25) is 0 Å². The number of ether oxygens (including phenoxy) is 1. The number of fused-ring (bicyclic) bond motifs is 1. The minimum Gasteiger partial charge on any atom is -0.383 e. The summed E-state index contributed by atoms with van der Waals surface area (Å²) in [5.74, 6) is 0. The molecule has 1 aromatic rings. The first-order valence-electron chi connectivity index (χ1n) is 6.55. The van der Waals surface area contributed by atoms with Crippen molar-refractivity contribution < 1.29 is 9.53 Å². The van der Waals surface area contributed by atoms with Crippen LogP contribution in [0.4, 0.5) is 0 Å². The number of rotatable bonds is 6. The van der Waals surface area contributed by atoms with Crippen LogP contribution in [-0.2, 0) is 35.3 Å². The molecule has 0 saturated carbocycles. The highest BCUT2D eigenvalue weighted by Gasteiger charge is 2.19. The van der Waals surface area contributed by atoms with E-state index in [1.165, 1.54) is 5.56 Å². The highest BCUT2D eigenvalue weighted by Crippen LogP contribution is 2.21. The number of aryl methyl sites for hydroxylation is 2. The first-order valence-corrected chi connectivity index (χ1v) is 6.93. The van der Waals surface area contributed by atoms with Crippen LogP contribution in [0.3, 0.4) is 0 Å². The van der Waals surface area contributed by atoms with Gasteiger partial charge in [0.25, 0.3) is 5.56 Å². The average Bonchev–Trinajstić information content (AvgIpc) is 2.83. The lowest BCUT2D eigenvalue weighted by molar-refractivity contribution is -0.111. The predicted molar refractivity (Wildman–Crippen MR) is 73.8 cm³/mol. The van der Waals surface area contributed by atoms with Gasteiger partial charge in [-0.05, 0) is 48.9 Å². The molecule has 1 aromatic heterocycles. The zero-order valence-electron chi connectivity index (χ0n) is 11.1. The predicted octanol–water partition coefficient (Wildman–Crippen LogP) is 1.68. The summed E-state index contributed by atoms with van der Waals surface area (Å²) < 4.78 is 6.87. The van der Waals surface area contributed by atoms with Crippen molar-refractivity contribution in [2.24, 2.45) is 0 Å². The number of nitrogens with zero attached hydrogens (tertiary/aromatic N) is 1. The first kappa shape index (κ1) is 14.3. The molecule has 0 aromatic carbocycles. The summed E-state index contributed by atoms with van der Waals surface area (Å²) in [4.78, 5) is 23.3. The van der Waals surface area contributed by atoms with Gasteiger partial charge in [-0.1, -0.05) is 0 Å². The molecule has 0 radical (unpaired) electrons. The molecule has 5 heteroatoms. The number of carbonyl (C=O) groups is 1. The Balaban J connectivity index is 2.34. The van der Waals surface area contributed by atoms with E-state index in [4.69, 9.17) is 16.3 Å². The maximum Gasteiger partial charge on any atom is 0.254 e. The number of aromatic nitrogens is 1. The Morgan fingerprint density at radius 3 is 2.95 bits per heavy atom. The van der Waals surface area contributed by atoms with Crippen molar-refractivity contribution >= 4 is 16.8 Å². The standard InChI is InChI=1S/C14H18ClNO3/c1-19-8-7-16-12-4-2-3-10(12)9-11(14(16)18)5-6-13(15)17/h9H,2-8H2,1H3. The summed E-state index contributed by atoms with van der Waals surface area (Å²) in [7, 11) is 1.63. The topological polar surface area (TPSA) is 48.3 Å². The van der Waals surface area contributed by atoms with Crippen molar-refractivity contribution in [3.8, 4) is 0 Å². The third-order valence-electron chi connectivity index (χ3n) is 3.53. The molecule has 104 valence electrons. The van der Waals surface area contributed by atoms with Gasteiger partial charge in [0, 0.05) is 31.3 Å². The molecule has 0 bridgehead atoms. The minimum absolute atomic E-state index is 0.00406. The second-order valence-corrected chi connectivity index (χ2v) is 5.22. The van der Waals surface area contributed by atoms with Gasteiger partial charge in [-0.3, -0.25) is 9.59 Å². The SMILES string of the molecule is COCCn1c2c(cc(CCC(=O)Cl)c1=O)CCC2. The van der Waals surface area contributed by atoms with Gasteiger partial charge in [-0.25, -0.2) is 0 Å². The maximum atomic E-state index is 12.4. The molecule has 19 heavy (non-hydrogen) atoms. The summed E-state index contributed by atoms with van der Waals surface area (Å²) in [6, 6.07) is 1.95. The molecule has 0 atom stereocenters. The van der Waals surface area contributed by atoms with Crippen LogP contribution in [0.5, 0.6) is 0 Å². The Morgan fingerprint density at radius 2 is 2.26 bits per heavy atom. The monoisotopic (exact) mass is 283 g/mol. The van der Waals surface area contributed by atoms with Crippen LogP contribution in [0.1, 0.15) is 29.7 Å². The van der Waals surface area contributed by atoms with Crippen LogP contribution in [0.15, 0.2) is 10.9 Å². The number of carbonyl (C=O) groups excluding carboxylic acids is 1. The van der Waals surface area contributed by atoms with Crippen LogP contribution in [0, 0.1) is 0 Å². The molecule has 0 spiro atoms. The largest absolute Gasteiger partial charge is 0.383 e. The summed E-state index contributed by atoms with van der Waals surface area (Å²) >= 11 is 5.35. The van der Waals surface area contributed by atoms with E-state index < -0.39 is 5.24 Å². The molecule has 2 rings (SSSR count). The Morgan fingerprint density at radius 1 is 1.47 bits per heavy atom. The fourth-order valence-corrected chi connectivity index (χ4v) is 2.71. The van der Waals surface area contributed by atoms with E-state index in [2.05, 4.69) is 0 Å². The average molecular weight is 284 g/mol. The van der Waals surface area contributed by atoms with Crippen molar-refractivity contribution in [1.29, 1.82) is 0 Å². The molecule has 0 saturated heterocycles. The van der Waals surface area contributed by atoms with Crippen molar-refractivity contribution in [3.63, 3.8) is 0 Å². The lowest BCUT2D eigenvalue weighted by Gasteiger charge is -2.14. The molecule has 4 nitrogen and oxygen atoms in total. The Kier molecular flexibility index (Phi) is 4.77. The first-order chi connectivity index (χ1) is 9.13. The Bertz CT molecular complexity index is 536. The molecular formula is C14H18ClNO3. The minimum atomic E-state index is -0.400. The number of hydrogen-bond acceptors (Lipinski definition) is 3. The Hall–Kier alpha value is -1.13. The summed E-state index contributed by atoms with van der Waals surface area (Å²) in [6.45, 7) is 1.09. The van der Waals surface area contributed by atoms with Crippen molar-refractivity contribution in [2.75, 3.05) is 13.7 Å². The Labute approximate surface area is 117 Å². The van der Waals surface area contributed by atoms with Gasteiger partial charge < -0.3 is 9.30 Å². The fraction of sp³-hybridized carbons (Fsp3) is 0.571. The number of halogens is 1. The van der Waals surface area contributed by atoms with Crippen LogP contribution in [-0.4, -0.2) is 23.5 Å². The molecule has 0 amide bonds. The normalized spacial score (nSPS) is 13.6. The third-order valence-corrected chi connectivity index (χ3v) is 3.72. The van der Waals surface area contributed by atoms with E-state index in [0.717, 1.165) is 25.0 Å². The van der Waals surface area contributed by atoms with Crippen molar-refractivity contribution in [3.05, 3.63) is 33.2 Å². The zero-order chi connectivity index (χ0) is 13.8. The third kappa shape index (κ3) is 3.25. The molecule has 1 aliphatic carbocycles. The number of hydrogen-bond donors (Lipinski definition) is 0. The van der Waals surface area contributed by atoms with Gasteiger partial charge in [0.1, 0.15) is 0 Å². The van der Waals surface area contributed by atoms with E-state index >= 15 is 0 Å². The second-order valence-electron chi connectivity index (χ2n) is 4.80. The molecule has 0 fully saturated rings. The summed E-state index contributed by atoms with van der Waals surface area (Å²) in [5.41, 5.74) is 3.04. The van der Waals surface area contributed by atoms with E-state index in [1.807, 2.05) is 6.07 Å².